The third-order valence-electron chi connectivity index (χ3n) is 2.99. The number of rotatable bonds is 0. The number of benzene rings is 1. The van der Waals surface area contributed by atoms with Gasteiger partial charge in [-0.2, -0.15) is 4.57 Å². The molecule has 0 saturated carbocycles. The summed E-state index contributed by atoms with van der Waals surface area (Å²) >= 11 is 0. The first kappa shape index (κ1) is 9.46. The van der Waals surface area contributed by atoms with Crippen molar-refractivity contribution in [2.45, 2.75) is 13.5 Å². The maximum Gasteiger partial charge on any atom is 0.219 e. The van der Waals surface area contributed by atoms with Gasteiger partial charge in [0, 0.05) is 23.3 Å². The molecule has 2 heterocycles. The molecule has 16 heavy (non-hydrogen) atoms. The van der Waals surface area contributed by atoms with Gasteiger partial charge >= 0.3 is 0 Å². The number of hydrogen-bond donors (Lipinski definition) is 0. The van der Waals surface area contributed by atoms with Gasteiger partial charge in [-0.25, -0.2) is 8.78 Å². The van der Waals surface area contributed by atoms with Crippen molar-refractivity contribution in [3.8, 4) is 11.3 Å². The smallest absolute Gasteiger partial charge is 0.207 e. The van der Waals surface area contributed by atoms with Gasteiger partial charge < -0.3 is 0 Å². The van der Waals surface area contributed by atoms with Crippen molar-refractivity contribution in [3.05, 3.63) is 53.2 Å². The van der Waals surface area contributed by atoms with Crippen LogP contribution in [0, 0.1) is 18.6 Å². The molecule has 0 amide bonds. The average Bonchev–Trinajstić information content (AvgIpc) is 2.56. The summed E-state index contributed by atoms with van der Waals surface area (Å²) in [5.41, 5.74) is 3.12. The van der Waals surface area contributed by atoms with Gasteiger partial charge in [-0.1, -0.05) is 0 Å². The van der Waals surface area contributed by atoms with Crippen LogP contribution < -0.4 is 4.57 Å². The lowest BCUT2D eigenvalue weighted by Gasteiger charge is -1.99. The maximum atomic E-state index is 13.8. The Labute approximate surface area is 92.0 Å². The van der Waals surface area contributed by atoms with Gasteiger partial charge in [0.15, 0.2) is 12.7 Å². The number of fused-ring (bicyclic) bond motifs is 3. The van der Waals surface area contributed by atoms with Crippen LogP contribution in [-0.4, -0.2) is 0 Å². The van der Waals surface area contributed by atoms with Gasteiger partial charge in [-0.05, 0) is 19.1 Å². The molecule has 0 atom stereocenters. The molecular weight excluding hydrogens is 208 g/mol. The minimum absolute atomic E-state index is 0.476. The largest absolute Gasteiger partial charge is 0.219 e. The fourth-order valence-electron chi connectivity index (χ4n) is 2.34. The first-order chi connectivity index (χ1) is 7.66. The van der Waals surface area contributed by atoms with Gasteiger partial charge in [0.1, 0.15) is 11.6 Å². The Hall–Kier alpha value is -1.77. The molecule has 3 heteroatoms. The number of aryl methyl sites for hydroxylation is 1. The molecular formula is C13H10F2N+. The second-order valence-electron chi connectivity index (χ2n) is 4.09. The van der Waals surface area contributed by atoms with Crippen molar-refractivity contribution in [1.82, 2.24) is 0 Å². The molecule has 0 unspecified atom stereocenters. The number of hydrogen-bond acceptors (Lipinski definition) is 0. The number of pyridine rings is 1. The van der Waals surface area contributed by atoms with E-state index in [1.807, 2.05) is 29.8 Å². The predicted octanol–water partition coefficient (Wildman–Crippen LogP) is 2.59. The minimum atomic E-state index is -0.512. The van der Waals surface area contributed by atoms with Gasteiger partial charge in [-0.3, -0.25) is 0 Å². The third kappa shape index (κ3) is 1.18. The summed E-state index contributed by atoms with van der Waals surface area (Å²) < 4.78 is 28.8. The van der Waals surface area contributed by atoms with E-state index >= 15 is 0 Å². The van der Waals surface area contributed by atoms with E-state index in [1.54, 1.807) is 0 Å². The predicted molar refractivity (Wildman–Crippen MR) is 55.8 cm³/mol. The van der Waals surface area contributed by atoms with E-state index in [1.165, 1.54) is 6.07 Å². The lowest BCUT2D eigenvalue weighted by molar-refractivity contribution is -0.672. The average molecular weight is 218 g/mol. The van der Waals surface area contributed by atoms with Crippen LogP contribution in [0.2, 0.25) is 0 Å². The fourth-order valence-corrected chi connectivity index (χ4v) is 2.34. The van der Waals surface area contributed by atoms with E-state index in [9.17, 15) is 8.78 Å². The first-order valence-electron chi connectivity index (χ1n) is 5.14. The maximum absolute atomic E-state index is 13.8. The quantitative estimate of drug-likeness (QED) is 0.511. The first-order valence-corrected chi connectivity index (χ1v) is 5.14. The molecule has 0 radical (unpaired) electrons. The summed E-state index contributed by atoms with van der Waals surface area (Å²) in [5.74, 6) is -0.988. The Bertz CT molecular complexity index is 591. The molecule has 2 aromatic rings. The van der Waals surface area contributed by atoms with Crippen LogP contribution in [0.5, 0.6) is 0 Å². The highest BCUT2D eigenvalue weighted by Gasteiger charge is 2.31. The van der Waals surface area contributed by atoms with E-state index in [4.69, 9.17) is 0 Å². The highest BCUT2D eigenvalue weighted by Crippen LogP contribution is 2.31. The molecule has 0 spiro atoms. The molecule has 3 rings (SSSR count). The summed E-state index contributed by atoms with van der Waals surface area (Å²) in [6, 6.07) is 6.20. The van der Waals surface area contributed by atoms with Gasteiger partial charge in [0.25, 0.3) is 0 Å². The van der Waals surface area contributed by atoms with E-state index in [0.717, 1.165) is 17.3 Å². The van der Waals surface area contributed by atoms with E-state index in [0.29, 0.717) is 17.7 Å². The van der Waals surface area contributed by atoms with Crippen LogP contribution in [-0.2, 0) is 6.54 Å². The minimum Gasteiger partial charge on any atom is -0.207 e. The summed E-state index contributed by atoms with van der Waals surface area (Å²) in [6.07, 6.45) is 1.89. The SMILES string of the molecule is Cc1ccc[n+]2c1-c1c(F)cc(F)cc1C2. The zero-order valence-electron chi connectivity index (χ0n) is 8.80. The van der Waals surface area contributed by atoms with Gasteiger partial charge in [0.2, 0.25) is 5.69 Å². The molecule has 1 aromatic heterocycles. The van der Waals surface area contributed by atoms with Crippen molar-refractivity contribution < 1.29 is 13.3 Å². The normalized spacial score (nSPS) is 12.4. The van der Waals surface area contributed by atoms with Crippen molar-refractivity contribution in [2.75, 3.05) is 0 Å². The van der Waals surface area contributed by atoms with E-state index in [-0.39, 0.29) is 0 Å². The number of aromatic nitrogens is 1. The molecule has 0 saturated heterocycles. The van der Waals surface area contributed by atoms with Crippen molar-refractivity contribution in [2.24, 2.45) is 0 Å². The molecule has 80 valence electrons. The fraction of sp³-hybridized carbons (Fsp3) is 0.154. The number of nitrogens with zero attached hydrogens (tertiary/aromatic N) is 1. The molecule has 1 aromatic carbocycles. The molecule has 0 bridgehead atoms. The second kappa shape index (κ2) is 3.11. The highest BCUT2D eigenvalue weighted by atomic mass is 19.1. The summed E-state index contributed by atoms with van der Waals surface area (Å²) in [7, 11) is 0. The zero-order chi connectivity index (χ0) is 11.3. The Balaban J connectivity index is 2.36. The van der Waals surface area contributed by atoms with Crippen LogP contribution in [0.3, 0.4) is 0 Å². The highest BCUT2D eigenvalue weighted by molar-refractivity contribution is 5.66. The summed E-state index contributed by atoms with van der Waals surface area (Å²) in [6.45, 7) is 2.48. The standard InChI is InChI=1S/C13H10F2N/c1-8-3-2-4-16-7-9-5-10(14)6-11(15)12(9)13(8)16/h2-6H,7H2,1H3/q+1. The van der Waals surface area contributed by atoms with Gasteiger partial charge in [0.05, 0.1) is 5.56 Å². The lowest BCUT2D eigenvalue weighted by atomic mass is 10.0. The van der Waals surface area contributed by atoms with Gasteiger partial charge in [-0.15, -0.1) is 0 Å². The topological polar surface area (TPSA) is 3.88 Å². The Morgan fingerprint density at radius 2 is 2.06 bits per heavy atom. The third-order valence-corrected chi connectivity index (χ3v) is 2.99. The van der Waals surface area contributed by atoms with E-state index < -0.39 is 11.6 Å². The Morgan fingerprint density at radius 3 is 2.88 bits per heavy atom. The van der Waals surface area contributed by atoms with Crippen LogP contribution in [0.25, 0.3) is 11.3 Å². The molecule has 1 aliphatic heterocycles. The zero-order valence-corrected chi connectivity index (χ0v) is 8.80. The van der Waals surface area contributed by atoms with Crippen molar-refractivity contribution in [1.29, 1.82) is 0 Å². The summed E-state index contributed by atoms with van der Waals surface area (Å²) in [4.78, 5) is 0. The molecule has 1 aliphatic rings. The lowest BCUT2D eigenvalue weighted by Crippen LogP contribution is -2.32. The monoisotopic (exact) mass is 218 g/mol. The molecule has 0 N–H and O–H groups in total. The van der Waals surface area contributed by atoms with Crippen LogP contribution in [0.4, 0.5) is 8.78 Å². The van der Waals surface area contributed by atoms with Crippen LogP contribution >= 0.6 is 0 Å². The second-order valence-corrected chi connectivity index (χ2v) is 4.09. The van der Waals surface area contributed by atoms with E-state index in [2.05, 4.69) is 0 Å². The van der Waals surface area contributed by atoms with Crippen LogP contribution in [0.1, 0.15) is 11.1 Å². The van der Waals surface area contributed by atoms with Crippen LogP contribution in [0.15, 0.2) is 30.5 Å². The Kier molecular flexibility index (Phi) is 1.84. The number of halogens is 2. The molecule has 0 fully saturated rings. The van der Waals surface area contributed by atoms with Crippen molar-refractivity contribution >= 4 is 0 Å². The van der Waals surface area contributed by atoms with Crippen molar-refractivity contribution in [3.63, 3.8) is 0 Å². The molecule has 1 nitrogen and oxygen atoms in total. The molecule has 0 aliphatic carbocycles. The summed E-state index contributed by atoms with van der Waals surface area (Å²) in [5, 5.41) is 0. The Morgan fingerprint density at radius 1 is 1.25 bits per heavy atom.